The summed E-state index contributed by atoms with van der Waals surface area (Å²) in [6.07, 6.45) is 2.84. The van der Waals surface area contributed by atoms with Crippen LogP contribution in [0.1, 0.15) is 42.1 Å². The fraction of sp³-hybridized carbons (Fsp3) is 0.381. The van der Waals surface area contributed by atoms with Gasteiger partial charge in [0.25, 0.3) is 5.91 Å². The van der Waals surface area contributed by atoms with Crippen LogP contribution in [0.4, 0.5) is 0 Å². The van der Waals surface area contributed by atoms with Crippen molar-refractivity contribution in [2.24, 2.45) is 0 Å². The zero-order valence-corrected chi connectivity index (χ0v) is 18.5. The number of carbonyl (C=O) groups is 1. The Bertz CT molecular complexity index is 927. The number of rotatable bonds is 5. The third kappa shape index (κ3) is 4.64. The van der Waals surface area contributed by atoms with E-state index in [4.69, 9.17) is 0 Å². The molecule has 7 heteroatoms. The van der Waals surface area contributed by atoms with Gasteiger partial charge in [-0.05, 0) is 61.7 Å². The molecule has 1 aliphatic heterocycles. The van der Waals surface area contributed by atoms with Gasteiger partial charge in [-0.25, -0.2) is 8.42 Å². The number of sulfonamides is 1. The van der Waals surface area contributed by atoms with Gasteiger partial charge in [0, 0.05) is 36.2 Å². The van der Waals surface area contributed by atoms with Gasteiger partial charge in [-0.15, -0.1) is 0 Å². The highest BCUT2D eigenvalue weighted by Gasteiger charge is 2.31. The molecular formula is C21H25BrN2O3S. The Morgan fingerprint density at radius 1 is 1.11 bits per heavy atom. The molecule has 3 rings (SSSR count). The van der Waals surface area contributed by atoms with Gasteiger partial charge in [-0.2, -0.15) is 4.31 Å². The van der Waals surface area contributed by atoms with Gasteiger partial charge < -0.3 is 4.90 Å². The number of halogens is 1. The van der Waals surface area contributed by atoms with Crippen LogP contribution in [-0.4, -0.2) is 43.2 Å². The number of benzene rings is 2. The molecule has 0 radical (unpaired) electrons. The first-order valence-electron chi connectivity index (χ1n) is 9.41. The summed E-state index contributed by atoms with van der Waals surface area (Å²) in [4.78, 5) is 14.6. The van der Waals surface area contributed by atoms with Crippen molar-refractivity contribution in [3.63, 3.8) is 0 Å². The fourth-order valence-corrected chi connectivity index (χ4v) is 5.45. The molecule has 0 bridgehead atoms. The van der Waals surface area contributed by atoms with E-state index in [2.05, 4.69) is 15.9 Å². The van der Waals surface area contributed by atoms with Gasteiger partial charge in [0.2, 0.25) is 10.0 Å². The number of piperidine rings is 1. The second-order valence-electron chi connectivity index (χ2n) is 7.27. The number of amides is 1. The van der Waals surface area contributed by atoms with Crippen molar-refractivity contribution in [3.8, 4) is 0 Å². The summed E-state index contributed by atoms with van der Waals surface area (Å²) in [5, 5.41) is 0. The number of nitrogens with zero attached hydrogens (tertiary/aromatic N) is 2. The standard InChI is InChI=1S/C21H25BrN2O3S/c1-16-5-3-4-14-24(16)28(26,27)20-12-8-18(9-13-20)21(25)23(2)15-17-6-10-19(22)11-7-17/h6-13,16H,3-5,14-15H2,1-2H3. The van der Waals surface area contributed by atoms with Crippen molar-refractivity contribution in [2.75, 3.05) is 13.6 Å². The molecule has 5 nitrogen and oxygen atoms in total. The molecular weight excluding hydrogens is 440 g/mol. The lowest BCUT2D eigenvalue weighted by Gasteiger charge is -2.32. The Hall–Kier alpha value is -1.70. The second kappa shape index (κ2) is 8.76. The quantitative estimate of drug-likeness (QED) is 0.662. The van der Waals surface area contributed by atoms with Crippen LogP contribution in [0.3, 0.4) is 0 Å². The van der Waals surface area contributed by atoms with Gasteiger partial charge >= 0.3 is 0 Å². The minimum Gasteiger partial charge on any atom is -0.337 e. The first-order chi connectivity index (χ1) is 13.3. The highest BCUT2D eigenvalue weighted by atomic mass is 79.9. The molecule has 1 saturated heterocycles. The summed E-state index contributed by atoms with van der Waals surface area (Å²) in [5.41, 5.74) is 1.50. The molecule has 1 aliphatic rings. The summed E-state index contributed by atoms with van der Waals surface area (Å²) in [6.45, 7) is 2.99. The molecule has 1 atom stereocenters. The molecule has 0 spiro atoms. The summed E-state index contributed by atoms with van der Waals surface area (Å²) in [6, 6.07) is 14.1. The Kier molecular flexibility index (Phi) is 6.58. The Morgan fingerprint density at radius 3 is 2.36 bits per heavy atom. The topological polar surface area (TPSA) is 57.7 Å². The molecule has 0 N–H and O–H groups in total. The highest BCUT2D eigenvalue weighted by Crippen LogP contribution is 2.25. The van der Waals surface area contributed by atoms with Gasteiger partial charge in [0.05, 0.1) is 4.90 Å². The van der Waals surface area contributed by atoms with E-state index in [0.29, 0.717) is 18.7 Å². The Labute approximate surface area is 175 Å². The maximum absolute atomic E-state index is 12.9. The predicted molar refractivity (Wildman–Crippen MR) is 114 cm³/mol. The second-order valence-corrected chi connectivity index (χ2v) is 10.1. The SMILES string of the molecule is CC1CCCCN1S(=O)(=O)c1ccc(C(=O)N(C)Cc2ccc(Br)cc2)cc1. The van der Waals surface area contributed by atoms with Crippen LogP contribution in [-0.2, 0) is 16.6 Å². The molecule has 1 unspecified atom stereocenters. The minimum atomic E-state index is -3.52. The van der Waals surface area contributed by atoms with Crippen LogP contribution in [0.15, 0.2) is 57.9 Å². The van der Waals surface area contributed by atoms with E-state index in [1.807, 2.05) is 31.2 Å². The molecule has 0 aliphatic carbocycles. The summed E-state index contributed by atoms with van der Waals surface area (Å²) in [7, 11) is -1.78. The lowest BCUT2D eigenvalue weighted by atomic mass is 10.1. The third-order valence-electron chi connectivity index (χ3n) is 5.13. The van der Waals surface area contributed by atoms with E-state index < -0.39 is 10.0 Å². The number of hydrogen-bond donors (Lipinski definition) is 0. The van der Waals surface area contributed by atoms with Crippen molar-refractivity contribution in [1.29, 1.82) is 0 Å². The average molecular weight is 465 g/mol. The van der Waals surface area contributed by atoms with E-state index in [-0.39, 0.29) is 16.8 Å². The van der Waals surface area contributed by atoms with Gasteiger partial charge in [-0.3, -0.25) is 4.79 Å². The monoisotopic (exact) mass is 464 g/mol. The third-order valence-corrected chi connectivity index (χ3v) is 7.69. The van der Waals surface area contributed by atoms with E-state index in [9.17, 15) is 13.2 Å². The molecule has 0 aromatic heterocycles. The first kappa shape index (κ1) is 21.0. The van der Waals surface area contributed by atoms with Crippen LogP contribution >= 0.6 is 15.9 Å². The van der Waals surface area contributed by atoms with Crippen molar-refractivity contribution in [3.05, 3.63) is 64.1 Å². The molecule has 1 heterocycles. The summed E-state index contributed by atoms with van der Waals surface area (Å²) in [5.74, 6) is -0.141. The van der Waals surface area contributed by atoms with E-state index in [1.54, 1.807) is 28.4 Å². The highest BCUT2D eigenvalue weighted by molar-refractivity contribution is 9.10. The minimum absolute atomic E-state index is 0.0112. The molecule has 0 saturated carbocycles. The zero-order valence-electron chi connectivity index (χ0n) is 16.1. The molecule has 1 fully saturated rings. The van der Waals surface area contributed by atoms with E-state index in [0.717, 1.165) is 29.3 Å². The van der Waals surface area contributed by atoms with Crippen LogP contribution in [0.25, 0.3) is 0 Å². The molecule has 2 aromatic rings. The summed E-state index contributed by atoms with van der Waals surface area (Å²) < 4.78 is 28.4. The van der Waals surface area contributed by atoms with Crippen LogP contribution in [0, 0.1) is 0 Å². The molecule has 150 valence electrons. The van der Waals surface area contributed by atoms with Gasteiger partial charge in [-0.1, -0.05) is 34.5 Å². The maximum Gasteiger partial charge on any atom is 0.253 e. The van der Waals surface area contributed by atoms with Crippen molar-refractivity contribution in [1.82, 2.24) is 9.21 Å². The normalized spacial score (nSPS) is 18.0. The van der Waals surface area contributed by atoms with Crippen molar-refractivity contribution < 1.29 is 13.2 Å². The van der Waals surface area contributed by atoms with Crippen molar-refractivity contribution in [2.45, 2.75) is 43.7 Å². The molecule has 1 amide bonds. The lowest BCUT2D eigenvalue weighted by molar-refractivity contribution is 0.0785. The number of carbonyl (C=O) groups excluding carboxylic acids is 1. The molecule has 2 aromatic carbocycles. The predicted octanol–water partition coefficient (Wildman–Crippen LogP) is 4.28. The average Bonchev–Trinajstić information content (AvgIpc) is 2.69. The molecule has 28 heavy (non-hydrogen) atoms. The Morgan fingerprint density at radius 2 is 1.75 bits per heavy atom. The smallest absolute Gasteiger partial charge is 0.253 e. The first-order valence-corrected chi connectivity index (χ1v) is 11.6. The van der Waals surface area contributed by atoms with E-state index in [1.165, 1.54) is 12.1 Å². The zero-order chi connectivity index (χ0) is 20.3. The van der Waals surface area contributed by atoms with Gasteiger partial charge in [0.15, 0.2) is 0 Å². The maximum atomic E-state index is 12.9. The van der Waals surface area contributed by atoms with Crippen LogP contribution in [0.5, 0.6) is 0 Å². The van der Waals surface area contributed by atoms with Crippen molar-refractivity contribution >= 4 is 31.9 Å². The largest absolute Gasteiger partial charge is 0.337 e. The Balaban J connectivity index is 1.72. The van der Waals surface area contributed by atoms with E-state index >= 15 is 0 Å². The number of hydrogen-bond acceptors (Lipinski definition) is 3. The van der Waals surface area contributed by atoms with Gasteiger partial charge in [0.1, 0.15) is 0 Å². The van der Waals surface area contributed by atoms with Crippen LogP contribution < -0.4 is 0 Å². The fourth-order valence-electron chi connectivity index (χ4n) is 3.49. The lowest BCUT2D eigenvalue weighted by Crippen LogP contribution is -2.41. The van der Waals surface area contributed by atoms with Crippen LogP contribution in [0.2, 0.25) is 0 Å². The summed E-state index contributed by atoms with van der Waals surface area (Å²) >= 11 is 3.40.